The van der Waals surface area contributed by atoms with Crippen molar-refractivity contribution in [2.75, 3.05) is 0 Å². The number of nitrogens with one attached hydrogen (secondary N) is 2. The monoisotopic (exact) mass is 353 g/mol. The van der Waals surface area contributed by atoms with Gasteiger partial charge in [-0.05, 0) is 80.6 Å². The Kier molecular flexibility index (Phi) is 3.82. The maximum Gasteiger partial charge on any atom is 0.315 e. The van der Waals surface area contributed by atoms with Crippen molar-refractivity contribution in [1.82, 2.24) is 10.6 Å². The predicted octanol–water partition coefficient (Wildman–Crippen LogP) is 3.46. The first kappa shape index (κ1) is 16.6. The van der Waals surface area contributed by atoms with E-state index < -0.39 is 0 Å². The van der Waals surface area contributed by atoms with E-state index in [9.17, 15) is 4.79 Å². The Labute approximate surface area is 156 Å². The van der Waals surface area contributed by atoms with Gasteiger partial charge in [0.1, 0.15) is 0 Å². The Morgan fingerprint density at radius 2 is 1.81 bits per heavy atom. The average Bonchev–Trinajstić information content (AvgIpc) is 3.00. The van der Waals surface area contributed by atoms with Crippen LogP contribution in [0.5, 0.6) is 0 Å². The maximum atomic E-state index is 12.8. The van der Waals surface area contributed by atoms with E-state index in [-0.39, 0.29) is 17.0 Å². The summed E-state index contributed by atoms with van der Waals surface area (Å²) in [5.41, 5.74) is 7.79. The predicted molar refractivity (Wildman–Crippen MR) is 103 cm³/mol. The largest absolute Gasteiger partial charge is 0.335 e. The van der Waals surface area contributed by atoms with E-state index in [0.717, 1.165) is 38.0 Å². The molecule has 4 unspecified atom stereocenters. The molecular weight excluding hydrogens is 322 g/mol. The number of hydrogen-bond donors (Lipinski definition) is 3. The van der Waals surface area contributed by atoms with Crippen LogP contribution in [-0.2, 0) is 5.41 Å². The van der Waals surface area contributed by atoms with Crippen LogP contribution in [0, 0.1) is 11.8 Å². The molecule has 5 aliphatic rings. The van der Waals surface area contributed by atoms with Crippen LogP contribution in [0.15, 0.2) is 30.3 Å². The highest BCUT2D eigenvalue weighted by atomic mass is 16.2. The van der Waals surface area contributed by atoms with Gasteiger partial charge in [0.05, 0.1) is 0 Å². The molecule has 26 heavy (non-hydrogen) atoms. The van der Waals surface area contributed by atoms with Crippen molar-refractivity contribution in [2.45, 2.75) is 80.8 Å². The summed E-state index contributed by atoms with van der Waals surface area (Å²) in [6.07, 6.45) is 10.2. The molecule has 1 aromatic rings. The highest BCUT2D eigenvalue weighted by Crippen LogP contribution is 2.66. The Balaban J connectivity index is 1.30. The molecule has 1 aromatic carbocycles. The fourth-order valence-electron chi connectivity index (χ4n) is 6.94. The lowest BCUT2D eigenvalue weighted by molar-refractivity contribution is 0.188. The van der Waals surface area contributed by atoms with Crippen LogP contribution in [0.3, 0.4) is 0 Å². The maximum absolute atomic E-state index is 12.8. The normalized spacial score (nSPS) is 43.4. The molecule has 2 amide bonds. The average molecular weight is 354 g/mol. The summed E-state index contributed by atoms with van der Waals surface area (Å²) in [5, 5.41) is 6.74. The van der Waals surface area contributed by atoms with E-state index in [2.05, 4.69) is 41.0 Å². The van der Waals surface area contributed by atoms with E-state index in [0.29, 0.717) is 18.0 Å². The molecule has 4 atom stereocenters. The highest BCUT2D eigenvalue weighted by Gasteiger charge is 2.64. The van der Waals surface area contributed by atoms with Gasteiger partial charge in [-0.25, -0.2) is 4.79 Å². The number of carbonyl (C=O) groups is 1. The summed E-state index contributed by atoms with van der Waals surface area (Å²) >= 11 is 0. The van der Waals surface area contributed by atoms with Crippen LogP contribution in [0.2, 0.25) is 0 Å². The number of amides is 2. The summed E-state index contributed by atoms with van der Waals surface area (Å²) in [6.45, 7) is 0. The third kappa shape index (κ3) is 2.65. The smallest absolute Gasteiger partial charge is 0.315 e. The molecule has 140 valence electrons. The molecule has 5 aliphatic carbocycles. The number of rotatable bonds is 3. The summed E-state index contributed by atoms with van der Waals surface area (Å²) in [6, 6.07) is 11.7. The zero-order chi connectivity index (χ0) is 17.8. The van der Waals surface area contributed by atoms with Crippen molar-refractivity contribution in [2.24, 2.45) is 17.6 Å². The fraction of sp³-hybridized carbons (Fsp3) is 0.682. The van der Waals surface area contributed by atoms with E-state index in [1.165, 1.54) is 31.2 Å². The standard InChI is InChI=1S/C22H31N3O/c23-18-6-8-19(9-7-18)24-20(26)25-22-12-15-10-17(22)13-21(11-15,14-22)16-4-2-1-3-5-16/h1-5,15,17-19H,6-14,23H2,(H2,24,25,26). The minimum absolute atomic E-state index is 0.0217. The van der Waals surface area contributed by atoms with Crippen LogP contribution in [0.4, 0.5) is 4.79 Å². The van der Waals surface area contributed by atoms with E-state index in [1.54, 1.807) is 0 Å². The molecule has 5 fully saturated rings. The van der Waals surface area contributed by atoms with Crippen LogP contribution >= 0.6 is 0 Å². The lowest BCUT2D eigenvalue weighted by Gasteiger charge is -2.42. The number of hydrogen-bond acceptors (Lipinski definition) is 2. The van der Waals surface area contributed by atoms with Gasteiger partial charge in [-0.3, -0.25) is 0 Å². The first-order valence-electron chi connectivity index (χ1n) is 10.5. The van der Waals surface area contributed by atoms with Crippen molar-refractivity contribution >= 4 is 6.03 Å². The lowest BCUT2D eigenvalue weighted by Crippen LogP contribution is -2.56. The van der Waals surface area contributed by atoms with Crippen molar-refractivity contribution in [1.29, 1.82) is 0 Å². The first-order valence-corrected chi connectivity index (χ1v) is 10.5. The van der Waals surface area contributed by atoms with Crippen LogP contribution < -0.4 is 16.4 Å². The number of benzene rings is 1. The van der Waals surface area contributed by atoms with Crippen molar-refractivity contribution in [3.8, 4) is 0 Å². The zero-order valence-corrected chi connectivity index (χ0v) is 15.5. The van der Waals surface area contributed by atoms with Crippen LogP contribution in [0.1, 0.15) is 63.4 Å². The van der Waals surface area contributed by atoms with Gasteiger partial charge in [0.2, 0.25) is 0 Å². The molecule has 0 aromatic heterocycles. The van der Waals surface area contributed by atoms with Crippen LogP contribution in [0.25, 0.3) is 0 Å². The SMILES string of the molecule is NC1CCC(NC(=O)NC23CC4CC2CC(c2ccccc2)(C4)C3)CC1. The molecule has 0 radical (unpaired) electrons. The number of carbonyl (C=O) groups excluding carboxylic acids is 1. The first-order chi connectivity index (χ1) is 12.6. The fourth-order valence-corrected chi connectivity index (χ4v) is 6.94. The van der Waals surface area contributed by atoms with Gasteiger partial charge in [0, 0.05) is 17.6 Å². The second kappa shape index (κ2) is 5.98. The van der Waals surface area contributed by atoms with Crippen molar-refractivity contribution in [3.05, 3.63) is 35.9 Å². The van der Waals surface area contributed by atoms with Gasteiger partial charge in [-0.2, -0.15) is 0 Å². The second-order valence-corrected chi connectivity index (χ2v) is 9.60. The molecule has 0 spiro atoms. The Hall–Kier alpha value is -1.55. The number of nitrogens with two attached hydrogens (primary N) is 1. The second-order valence-electron chi connectivity index (χ2n) is 9.60. The van der Waals surface area contributed by atoms with Gasteiger partial charge in [0.15, 0.2) is 0 Å². The third-order valence-corrected chi connectivity index (χ3v) is 7.88. The van der Waals surface area contributed by atoms with Crippen molar-refractivity contribution in [3.63, 3.8) is 0 Å². The summed E-state index contributed by atoms with van der Waals surface area (Å²) < 4.78 is 0. The molecule has 4 N–H and O–H groups in total. The Bertz CT molecular complexity index is 684. The molecule has 0 aliphatic heterocycles. The summed E-state index contributed by atoms with van der Waals surface area (Å²) in [7, 11) is 0. The van der Waals surface area contributed by atoms with Gasteiger partial charge >= 0.3 is 6.03 Å². The minimum Gasteiger partial charge on any atom is -0.335 e. The van der Waals surface area contributed by atoms with E-state index in [1.807, 2.05) is 0 Å². The lowest BCUT2D eigenvalue weighted by atomic mass is 9.65. The molecule has 0 saturated heterocycles. The Morgan fingerprint density at radius 1 is 1.04 bits per heavy atom. The third-order valence-electron chi connectivity index (χ3n) is 7.88. The molecule has 4 bridgehead atoms. The van der Waals surface area contributed by atoms with Crippen LogP contribution in [-0.4, -0.2) is 23.7 Å². The molecule has 0 heterocycles. The topological polar surface area (TPSA) is 67.1 Å². The van der Waals surface area contributed by atoms with Gasteiger partial charge in [-0.1, -0.05) is 30.3 Å². The molecule has 4 heteroatoms. The molecule has 6 rings (SSSR count). The van der Waals surface area contributed by atoms with Gasteiger partial charge in [0.25, 0.3) is 0 Å². The Morgan fingerprint density at radius 3 is 2.58 bits per heavy atom. The highest BCUT2D eigenvalue weighted by molar-refractivity contribution is 5.75. The molecule has 5 saturated carbocycles. The quantitative estimate of drug-likeness (QED) is 0.779. The van der Waals surface area contributed by atoms with Crippen molar-refractivity contribution < 1.29 is 4.79 Å². The van der Waals surface area contributed by atoms with E-state index in [4.69, 9.17) is 5.73 Å². The van der Waals surface area contributed by atoms with Gasteiger partial charge < -0.3 is 16.4 Å². The zero-order valence-electron chi connectivity index (χ0n) is 15.5. The minimum atomic E-state index is 0.0217. The molecule has 4 nitrogen and oxygen atoms in total. The van der Waals surface area contributed by atoms with Gasteiger partial charge in [-0.15, -0.1) is 0 Å². The molecular formula is C22H31N3O. The summed E-state index contributed by atoms with van der Waals surface area (Å²) in [5.74, 6) is 1.42. The number of urea groups is 1. The van der Waals surface area contributed by atoms with E-state index >= 15 is 0 Å². The summed E-state index contributed by atoms with van der Waals surface area (Å²) in [4.78, 5) is 12.8.